The number of carbonyl (C=O) groups is 1. The van der Waals surface area contributed by atoms with E-state index in [0.717, 1.165) is 18.6 Å². The first kappa shape index (κ1) is 11.0. The van der Waals surface area contributed by atoms with Gasteiger partial charge >= 0.3 is 0 Å². The standard InChI is InChI=1S/C12H18O2/c1-4-5-10-6-11(7-12(10)13)14-8-9(2)3/h4,7,9-10H,1,5-6,8H2,2-3H3. The number of carbonyl (C=O) groups excluding carboxylic acids is 1. The van der Waals surface area contributed by atoms with Gasteiger partial charge in [-0.1, -0.05) is 19.9 Å². The smallest absolute Gasteiger partial charge is 0.162 e. The molecule has 0 amide bonds. The Kier molecular flexibility index (Phi) is 3.93. The summed E-state index contributed by atoms with van der Waals surface area (Å²) in [6.07, 6.45) is 4.93. The summed E-state index contributed by atoms with van der Waals surface area (Å²) in [7, 11) is 0. The maximum atomic E-state index is 11.4. The summed E-state index contributed by atoms with van der Waals surface area (Å²) in [5, 5.41) is 0. The largest absolute Gasteiger partial charge is 0.498 e. The minimum Gasteiger partial charge on any atom is -0.498 e. The molecule has 0 N–H and O–H groups in total. The van der Waals surface area contributed by atoms with Crippen LogP contribution in [0.5, 0.6) is 0 Å². The minimum atomic E-state index is 0.0784. The molecule has 0 fully saturated rings. The monoisotopic (exact) mass is 194 g/mol. The molecule has 0 spiro atoms. The second-order valence-electron chi connectivity index (χ2n) is 4.14. The highest BCUT2D eigenvalue weighted by Crippen LogP contribution is 2.25. The summed E-state index contributed by atoms with van der Waals surface area (Å²) >= 11 is 0. The lowest BCUT2D eigenvalue weighted by molar-refractivity contribution is -0.117. The van der Waals surface area contributed by atoms with E-state index < -0.39 is 0 Å². The van der Waals surface area contributed by atoms with E-state index in [9.17, 15) is 4.79 Å². The molecular weight excluding hydrogens is 176 g/mol. The van der Waals surface area contributed by atoms with Crippen molar-refractivity contribution in [3.63, 3.8) is 0 Å². The highest BCUT2D eigenvalue weighted by molar-refractivity contribution is 5.94. The van der Waals surface area contributed by atoms with Crippen molar-refractivity contribution >= 4 is 5.78 Å². The molecular formula is C12H18O2. The van der Waals surface area contributed by atoms with Crippen LogP contribution in [-0.2, 0) is 9.53 Å². The topological polar surface area (TPSA) is 26.3 Å². The first-order valence-corrected chi connectivity index (χ1v) is 5.11. The Hall–Kier alpha value is -1.05. The molecule has 0 heterocycles. The molecule has 2 nitrogen and oxygen atoms in total. The van der Waals surface area contributed by atoms with E-state index in [2.05, 4.69) is 20.4 Å². The van der Waals surface area contributed by atoms with E-state index >= 15 is 0 Å². The van der Waals surface area contributed by atoms with Crippen molar-refractivity contribution < 1.29 is 9.53 Å². The highest BCUT2D eigenvalue weighted by Gasteiger charge is 2.25. The van der Waals surface area contributed by atoms with Crippen LogP contribution in [0, 0.1) is 11.8 Å². The zero-order valence-corrected chi connectivity index (χ0v) is 8.95. The van der Waals surface area contributed by atoms with E-state index in [1.54, 1.807) is 12.2 Å². The molecule has 0 aromatic carbocycles. The molecule has 0 saturated carbocycles. The fourth-order valence-electron chi connectivity index (χ4n) is 1.45. The summed E-state index contributed by atoms with van der Waals surface area (Å²) < 4.78 is 5.52. The van der Waals surface area contributed by atoms with Crippen molar-refractivity contribution in [2.45, 2.75) is 26.7 Å². The van der Waals surface area contributed by atoms with Crippen molar-refractivity contribution in [2.24, 2.45) is 11.8 Å². The quantitative estimate of drug-likeness (QED) is 0.629. The molecule has 78 valence electrons. The summed E-state index contributed by atoms with van der Waals surface area (Å²) in [5.74, 6) is 1.61. The van der Waals surface area contributed by atoms with Gasteiger partial charge in [-0.3, -0.25) is 4.79 Å². The van der Waals surface area contributed by atoms with Crippen LogP contribution in [0.1, 0.15) is 26.7 Å². The van der Waals surface area contributed by atoms with Crippen LogP contribution in [0.2, 0.25) is 0 Å². The van der Waals surface area contributed by atoms with E-state index in [1.807, 2.05) is 0 Å². The molecule has 0 radical (unpaired) electrons. The van der Waals surface area contributed by atoms with Crippen molar-refractivity contribution in [3.8, 4) is 0 Å². The van der Waals surface area contributed by atoms with Gasteiger partial charge in [-0.25, -0.2) is 0 Å². The Labute approximate surface area is 85.6 Å². The minimum absolute atomic E-state index is 0.0784. The summed E-state index contributed by atoms with van der Waals surface area (Å²) in [6, 6.07) is 0. The summed E-state index contributed by atoms with van der Waals surface area (Å²) in [4.78, 5) is 11.4. The zero-order chi connectivity index (χ0) is 10.6. The van der Waals surface area contributed by atoms with Crippen LogP contribution >= 0.6 is 0 Å². The Morgan fingerprint density at radius 1 is 1.71 bits per heavy atom. The lowest BCUT2D eigenvalue weighted by Gasteiger charge is -2.10. The lowest BCUT2D eigenvalue weighted by atomic mass is 10.0. The second-order valence-corrected chi connectivity index (χ2v) is 4.14. The maximum absolute atomic E-state index is 11.4. The average molecular weight is 194 g/mol. The number of ether oxygens (including phenoxy) is 1. The van der Waals surface area contributed by atoms with Gasteiger partial charge in [0, 0.05) is 18.4 Å². The van der Waals surface area contributed by atoms with Gasteiger partial charge in [0.05, 0.1) is 6.61 Å². The van der Waals surface area contributed by atoms with E-state index in [1.165, 1.54) is 0 Å². The van der Waals surface area contributed by atoms with E-state index in [4.69, 9.17) is 4.74 Å². The van der Waals surface area contributed by atoms with Crippen LogP contribution in [-0.4, -0.2) is 12.4 Å². The molecule has 0 saturated heterocycles. The number of hydrogen-bond acceptors (Lipinski definition) is 2. The molecule has 0 aromatic heterocycles. The van der Waals surface area contributed by atoms with Crippen molar-refractivity contribution in [2.75, 3.05) is 6.61 Å². The average Bonchev–Trinajstić information content (AvgIpc) is 2.45. The Morgan fingerprint density at radius 2 is 2.43 bits per heavy atom. The predicted octanol–water partition coefficient (Wildman–Crippen LogP) is 2.71. The van der Waals surface area contributed by atoms with Gasteiger partial charge in [-0.2, -0.15) is 0 Å². The van der Waals surface area contributed by atoms with E-state index in [-0.39, 0.29) is 11.7 Å². The third kappa shape index (κ3) is 3.02. The molecule has 2 heteroatoms. The molecule has 1 atom stereocenters. The molecule has 14 heavy (non-hydrogen) atoms. The normalized spacial score (nSPS) is 21.2. The first-order chi connectivity index (χ1) is 6.63. The molecule has 0 aliphatic heterocycles. The fraction of sp³-hybridized carbons (Fsp3) is 0.583. The summed E-state index contributed by atoms with van der Waals surface area (Å²) in [6.45, 7) is 8.53. The summed E-state index contributed by atoms with van der Waals surface area (Å²) in [5.41, 5.74) is 0. The van der Waals surface area contributed by atoms with Crippen LogP contribution in [0.3, 0.4) is 0 Å². The van der Waals surface area contributed by atoms with Gasteiger partial charge in [0.2, 0.25) is 0 Å². The number of hydrogen-bond donors (Lipinski definition) is 0. The van der Waals surface area contributed by atoms with Gasteiger partial charge in [-0.15, -0.1) is 6.58 Å². The van der Waals surface area contributed by atoms with Gasteiger partial charge in [0.1, 0.15) is 5.76 Å². The van der Waals surface area contributed by atoms with Gasteiger partial charge in [0.25, 0.3) is 0 Å². The maximum Gasteiger partial charge on any atom is 0.162 e. The molecule has 1 aliphatic rings. The Morgan fingerprint density at radius 3 is 3.00 bits per heavy atom. The number of rotatable bonds is 5. The Balaban J connectivity index is 2.39. The third-order valence-electron chi connectivity index (χ3n) is 2.21. The van der Waals surface area contributed by atoms with Crippen LogP contribution < -0.4 is 0 Å². The van der Waals surface area contributed by atoms with Crippen LogP contribution in [0.25, 0.3) is 0 Å². The molecule has 0 aromatic rings. The number of allylic oxidation sites excluding steroid dienone is 3. The molecule has 0 bridgehead atoms. The van der Waals surface area contributed by atoms with E-state index in [0.29, 0.717) is 12.5 Å². The second kappa shape index (κ2) is 4.99. The molecule has 1 aliphatic carbocycles. The molecule has 1 unspecified atom stereocenters. The fourth-order valence-corrected chi connectivity index (χ4v) is 1.45. The van der Waals surface area contributed by atoms with Gasteiger partial charge in [0.15, 0.2) is 5.78 Å². The third-order valence-corrected chi connectivity index (χ3v) is 2.21. The SMILES string of the molecule is C=CCC1CC(OCC(C)C)=CC1=O. The van der Waals surface area contributed by atoms with Gasteiger partial charge in [-0.05, 0) is 12.3 Å². The zero-order valence-electron chi connectivity index (χ0n) is 8.95. The van der Waals surface area contributed by atoms with Crippen molar-refractivity contribution in [1.82, 2.24) is 0 Å². The Bertz CT molecular complexity index is 251. The highest BCUT2D eigenvalue weighted by atomic mass is 16.5. The van der Waals surface area contributed by atoms with Gasteiger partial charge < -0.3 is 4.74 Å². The van der Waals surface area contributed by atoms with Crippen LogP contribution in [0.15, 0.2) is 24.5 Å². The first-order valence-electron chi connectivity index (χ1n) is 5.11. The molecule has 1 rings (SSSR count). The number of ketones is 1. The van der Waals surface area contributed by atoms with Crippen molar-refractivity contribution in [1.29, 1.82) is 0 Å². The van der Waals surface area contributed by atoms with Crippen LogP contribution in [0.4, 0.5) is 0 Å². The van der Waals surface area contributed by atoms with Crippen molar-refractivity contribution in [3.05, 3.63) is 24.5 Å². The lowest BCUT2D eigenvalue weighted by Crippen LogP contribution is -2.05. The predicted molar refractivity (Wildman–Crippen MR) is 56.8 cm³/mol.